The molecule has 2 aliphatic heterocycles. The van der Waals surface area contributed by atoms with Gasteiger partial charge in [0, 0.05) is 61.0 Å². The van der Waals surface area contributed by atoms with Crippen molar-refractivity contribution in [1.82, 2.24) is 24.4 Å². The van der Waals surface area contributed by atoms with Crippen LogP contribution in [0.3, 0.4) is 0 Å². The first kappa shape index (κ1) is 34.6. The molecule has 1 aromatic carbocycles. The number of benzene rings is 1. The number of carbonyl (C=O) groups excluding carboxylic acids is 2. The SMILES string of the molecule is CCOC(=O)C1=C(C2CCN(S(=O)(=O)c3cnn(CCCCC(=O)OC)c3)CC2)NC(c2nccs2)=NC1c1ccc(F)c(F)c1Cl. The highest BCUT2D eigenvalue weighted by Gasteiger charge is 2.39. The van der Waals surface area contributed by atoms with Gasteiger partial charge in [0.25, 0.3) is 0 Å². The fraction of sp³-hybridized carbons (Fsp3) is 0.433. The number of nitrogens with one attached hydrogen (secondary N) is 1. The van der Waals surface area contributed by atoms with Gasteiger partial charge in [0.15, 0.2) is 22.5 Å². The lowest BCUT2D eigenvalue weighted by atomic mass is 9.86. The maximum Gasteiger partial charge on any atom is 0.338 e. The van der Waals surface area contributed by atoms with E-state index in [9.17, 15) is 26.8 Å². The average Bonchev–Trinajstić information content (AvgIpc) is 3.79. The first-order chi connectivity index (χ1) is 22.5. The highest BCUT2D eigenvalue weighted by atomic mass is 35.5. The van der Waals surface area contributed by atoms with Crippen LogP contribution in [0.5, 0.6) is 0 Å². The first-order valence-corrected chi connectivity index (χ1v) is 17.6. The molecule has 0 amide bonds. The highest BCUT2D eigenvalue weighted by molar-refractivity contribution is 7.89. The van der Waals surface area contributed by atoms with Gasteiger partial charge in [-0.3, -0.25) is 14.5 Å². The monoisotopic (exact) mass is 710 g/mol. The molecule has 2 aromatic heterocycles. The van der Waals surface area contributed by atoms with E-state index in [2.05, 4.69) is 25.1 Å². The van der Waals surface area contributed by atoms with Crippen LogP contribution in [0.4, 0.5) is 8.78 Å². The van der Waals surface area contributed by atoms with Gasteiger partial charge in [-0.2, -0.15) is 9.40 Å². The summed E-state index contributed by atoms with van der Waals surface area (Å²) in [5.41, 5.74) is 0.588. The lowest BCUT2D eigenvalue weighted by Gasteiger charge is -2.36. The summed E-state index contributed by atoms with van der Waals surface area (Å²) in [6.07, 6.45) is 6.49. The smallest absolute Gasteiger partial charge is 0.338 e. The van der Waals surface area contributed by atoms with Crippen molar-refractivity contribution >= 4 is 50.7 Å². The fourth-order valence-corrected chi connectivity index (χ4v) is 7.80. The number of halogens is 3. The van der Waals surface area contributed by atoms with Crippen LogP contribution in [-0.4, -0.2) is 72.1 Å². The number of sulfonamides is 1. The van der Waals surface area contributed by atoms with Crippen LogP contribution < -0.4 is 5.32 Å². The molecule has 3 aromatic rings. The number of hydrogen-bond donors (Lipinski definition) is 1. The van der Waals surface area contributed by atoms with Crippen LogP contribution in [0.25, 0.3) is 0 Å². The Morgan fingerprint density at radius 1 is 1.19 bits per heavy atom. The van der Waals surface area contributed by atoms with E-state index in [-0.39, 0.29) is 54.0 Å². The second-order valence-corrected chi connectivity index (χ2v) is 14.0. The molecule has 1 saturated heterocycles. The number of rotatable bonds is 12. The van der Waals surface area contributed by atoms with Crippen LogP contribution in [-0.2, 0) is 35.6 Å². The molecule has 252 valence electrons. The summed E-state index contributed by atoms with van der Waals surface area (Å²) in [4.78, 5) is 33.9. The molecule has 47 heavy (non-hydrogen) atoms. The molecule has 1 N–H and O–H groups in total. The Morgan fingerprint density at radius 3 is 2.64 bits per heavy atom. The van der Waals surface area contributed by atoms with Crippen molar-refractivity contribution in [3.05, 3.63) is 74.6 Å². The molecule has 0 radical (unpaired) electrons. The van der Waals surface area contributed by atoms with Gasteiger partial charge in [-0.15, -0.1) is 11.3 Å². The summed E-state index contributed by atoms with van der Waals surface area (Å²) in [7, 11) is -2.55. The molecule has 1 unspecified atom stereocenters. The van der Waals surface area contributed by atoms with Crippen molar-refractivity contribution in [2.24, 2.45) is 10.9 Å². The van der Waals surface area contributed by atoms with E-state index < -0.39 is 38.7 Å². The van der Waals surface area contributed by atoms with Crippen molar-refractivity contribution in [3.63, 3.8) is 0 Å². The van der Waals surface area contributed by atoms with Gasteiger partial charge in [0.1, 0.15) is 10.9 Å². The van der Waals surface area contributed by atoms with Crippen LogP contribution in [0.2, 0.25) is 5.02 Å². The quantitative estimate of drug-likeness (QED) is 0.162. The fourth-order valence-electron chi connectivity index (χ4n) is 5.53. The zero-order chi connectivity index (χ0) is 33.7. The Morgan fingerprint density at radius 2 is 1.96 bits per heavy atom. The minimum atomic E-state index is -3.88. The zero-order valence-electron chi connectivity index (χ0n) is 25.6. The normalized spacial score (nSPS) is 17.7. The van der Waals surface area contributed by atoms with Gasteiger partial charge in [0.2, 0.25) is 10.0 Å². The maximum atomic E-state index is 14.7. The number of hydrogen-bond acceptors (Lipinski definition) is 11. The van der Waals surface area contributed by atoms with Crippen molar-refractivity contribution in [2.45, 2.75) is 56.5 Å². The number of ether oxygens (including phenoxy) is 2. The summed E-state index contributed by atoms with van der Waals surface area (Å²) in [5.74, 6) is -3.46. The highest BCUT2D eigenvalue weighted by Crippen LogP contribution is 2.41. The van der Waals surface area contributed by atoms with E-state index in [1.54, 1.807) is 18.5 Å². The summed E-state index contributed by atoms with van der Waals surface area (Å²) >= 11 is 7.57. The first-order valence-electron chi connectivity index (χ1n) is 14.9. The molecule has 4 heterocycles. The zero-order valence-corrected chi connectivity index (χ0v) is 28.0. The molecule has 0 bridgehead atoms. The number of amidine groups is 1. The molecule has 12 nitrogen and oxygen atoms in total. The van der Waals surface area contributed by atoms with E-state index in [1.165, 1.54) is 45.9 Å². The summed E-state index contributed by atoms with van der Waals surface area (Å²) in [6.45, 7) is 2.41. The lowest BCUT2D eigenvalue weighted by molar-refractivity contribution is -0.141. The lowest BCUT2D eigenvalue weighted by Crippen LogP contribution is -2.43. The predicted octanol–water partition coefficient (Wildman–Crippen LogP) is 4.62. The van der Waals surface area contributed by atoms with Crippen LogP contribution in [0, 0.1) is 17.6 Å². The third-order valence-corrected chi connectivity index (χ3v) is 10.9. The summed E-state index contributed by atoms with van der Waals surface area (Å²) < 4.78 is 68.7. The van der Waals surface area contributed by atoms with Gasteiger partial charge in [-0.1, -0.05) is 17.7 Å². The largest absolute Gasteiger partial charge is 0.469 e. The minimum absolute atomic E-state index is 0.0482. The van der Waals surface area contributed by atoms with E-state index in [4.69, 9.17) is 16.3 Å². The number of carbonyl (C=O) groups is 2. The Hall–Kier alpha value is -3.73. The summed E-state index contributed by atoms with van der Waals surface area (Å²) in [5, 5.41) is 9.16. The number of aryl methyl sites for hydroxylation is 1. The number of nitrogens with zero attached hydrogens (tertiary/aromatic N) is 5. The van der Waals surface area contributed by atoms with E-state index >= 15 is 0 Å². The molecule has 0 aliphatic carbocycles. The van der Waals surface area contributed by atoms with Gasteiger partial charge < -0.3 is 14.8 Å². The molecule has 17 heteroatoms. The molecular formula is C30H33ClF2N6O6S2. The van der Waals surface area contributed by atoms with Crippen LogP contribution in [0.1, 0.15) is 55.6 Å². The average molecular weight is 711 g/mol. The molecule has 1 fully saturated rings. The van der Waals surface area contributed by atoms with Crippen LogP contribution >= 0.6 is 22.9 Å². The third kappa shape index (κ3) is 7.55. The van der Waals surface area contributed by atoms with Crippen molar-refractivity contribution in [3.8, 4) is 0 Å². The van der Waals surface area contributed by atoms with Crippen molar-refractivity contribution in [2.75, 3.05) is 26.8 Å². The minimum Gasteiger partial charge on any atom is -0.469 e. The van der Waals surface area contributed by atoms with Gasteiger partial charge >= 0.3 is 11.9 Å². The number of thiazole rings is 1. The Labute approximate surface area is 279 Å². The third-order valence-electron chi connectivity index (χ3n) is 7.92. The van der Waals surface area contributed by atoms with Crippen molar-refractivity contribution in [1.29, 1.82) is 0 Å². The molecule has 2 aliphatic rings. The van der Waals surface area contributed by atoms with E-state index in [0.717, 1.165) is 6.07 Å². The number of methoxy groups -OCH3 is 1. The Balaban J connectivity index is 1.40. The molecule has 5 rings (SSSR count). The van der Waals surface area contributed by atoms with Crippen LogP contribution in [0.15, 0.2) is 57.3 Å². The standard InChI is InChI=1S/C30H33ClF2N6O6S2/c1-3-45-30(41)23-26(36-28(29-34-11-15-46-29)37-27(23)20-7-8-21(32)25(33)24(20)31)18-9-13-39(14-10-18)47(42,43)19-16-35-38(17-19)12-5-4-6-22(40)44-2/h7-8,11,15-18,27H,3-6,9-10,12-14H2,1-2H3,(H,36,37). The molecular weight excluding hydrogens is 678 g/mol. The number of esters is 2. The van der Waals surface area contributed by atoms with Crippen molar-refractivity contribution < 1.29 is 36.3 Å². The number of aromatic nitrogens is 3. The predicted molar refractivity (Wildman–Crippen MR) is 169 cm³/mol. The maximum absolute atomic E-state index is 14.7. The number of unbranched alkanes of at least 4 members (excludes halogenated alkanes) is 1. The van der Waals surface area contributed by atoms with E-state index in [0.29, 0.717) is 48.8 Å². The van der Waals surface area contributed by atoms with E-state index in [1.807, 2.05) is 0 Å². The number of piperidine rings is 1. The second kappa shape index (κ2) is 15.0. The molecule has 1 atom stereocenters. The second-order valence-electron chi connectivity index (χ2n) is 10.8. The van der Waals surface area contributed by atoms with Gasteiger partial charge in [-0.05, 0) is 38.7 Å². The number of allylic oxidation sites excluding steroid dienone is 1. The van der Waals surface area contributed by atoms with Gasteiger partial charge in [-0.25, -0.2) is 27.0 Å². The topological polar surface area (TPSA) is 145 Å². The molecule has 0 spiro atoms. The number of aliphatic imine (C=N–C) groups is 1. The Bertz CT molecular complexity index is 1790. The summed E-state index contributed by atoms with van der Waals surface area (Å²) in [6, 6.07) is 1.06. The van der Waals surface area contributed by atoms with Gasteiger partial charge in [0.05, 0.1) is 30.5 Å². The Kier molecular flexibility index (Phi) is 11.0. The molecule has 0 saturated carbocycles.